The number of nitriles is 1. The van der Waals surface area contributed by atoms with Crippen LogP contribution in [-0.4, -0.2) is 10.9 Å². The minimum absolute atomic E-state index is 0.0680. The summed E-state index contributed by atoms with van der Waals surface area (Å²) in [5.74, 6) is -0.942. The average molecular weight is 320 g/mol. The predicted octanol–water partition coefficient (Wildman–Crippen LogP) is 3.11. The summed E-state index contributed by atoms with van der Waals surface area (Å²) in [4.78, 5) is 15.8. The van der Waals surface area contributed by atoms with Crippen molar-refractivity contribution in [2.45, 2.75) is 0 Å². The van der Waals surface area contributed by atoms with Crippen LogP contribution in [0.25, 0.3) is 0 Å². The van der Waals surface area contributed by atoms with E-state index >= 15 is 0 Å². The number of benzene rings is 1. The van der Waals surface area contributed by atoms with Crippen LogP contribution < -0.4 is 5.32 Å². The van der Waals surface area contributed by atoms with Crippen LogP contribution in [0.5, 0.6) is 0 Å². The Bertz CT molecular complexity index is 665. The van der Waals surface area contributed by atoms with Gasteiger partial charge >= 0.3 is 0 Å². The van der Waals surface area contributed by atoms with Crippen LogP contribution in [0.4, 0.5) is 10.1 Å². The standard InChI is InChI=1S/C13H7BrFN3O/c14-12-4-1-8(7-17-12)13(19)18-11-3-2-10(15)5-9(11)6-16/h1-5,7H,(H,18,19). The van der Waals surface area contributed by atoms with E-state index in [0.29, 0.717) is 10.2 Å². The lowest BCUT2D eigenvalue weighted by molar-refractivity contribution is 0.102. The smallest absolute Gasteiger partial charge is 0.257 e. The van der Waals surface area contributed by atoms with E-state index in [2.05, 4.69) is 26.2 Å². The highest BCUT2D eigenvalue weighted by Gasteiger charge is 2.10. The first-order chi connectivity index (χ1) is 9.10. The maximum Gasteiger partial charge on any atom is 0.257 e. The van der Waals surface area contributed by atoms with Crippen molar-refractivity contribution in [3.63, 3.8) is 0 Å². The average Bonchev–Trinajstić information content (AvgIpc) is 2.41. The minimum Gasteiger partial charge on any atom is -0.321 e. The Morgan fingerprint density at radius 1 is 1.37 bits per heavy atom. The molecule has 0 atom stereocenters. The zero-order chi connectivity index (χ0) is 13.8. The molecule has 1 N–H and O–H groups in total. The molecule has 2 rings (SSSR count). The Kier molecular flexibility index (Phi) is 3.88. The van der Waals surface area contributed by atoms with Crippen LogP contribution in [0.1, 0.15) is 15.9 Å². The van der Waals surface area contributed by atoms with Crippen LogP contribution in [0.2, 0.25) is 0 Å². The zero-order valence-electron chi connectivity index (χ0n) is 9.52. The molecule has 0 saturated heterocycles. The molecule has 0 radical (unpaired) electrons. The van der Waals surface area contributed by atoms with Crippen molar-refractivity contribution in [3.05, 3.63) is 58.1 Å². The van der Waals surface area contributed by atoms with Gasteiger partial charge in [-0.15, -0.1) is 0 Å². The summed E-state index contributed by atoms with van der Waals surface area (Å²) in [7, 11) is 0. The number of carbonyl (C=O) groups excluding carboxylic acids is 1. The van der Waals surface area contributed by atoms with Crippen molar-refractivity contribution in [2.24, 2.45) is 0 Å². The summed E-state index contributed by atoms with van der Waals surface area (Å²) in [5, 5.41) is 11.4. The van der Waals surface area contributed by atoms with Gasteiger partial charge in [0.2, 0.25) is 0 Å². The fraction of sp³-hybridized carbons (Fsp3) is 0. The molecule has 0 saturated carbocycles. The number of nitrogens with one attached hydrogen (secondary N) is 1. The van der Waals surface area contributed by atoms with Crippen LogP contribution in [0.3, 0.4) is 0 Å². The third-order valence-electron chi connectivity index (χ3n) is 2.34. The molecule has 94 valence electrons. The van der Waals surface area contributed by atoms with Crippen LogP contribution in [0.15, 0.2) is 41.1 Å². The van der Waals surface area contributed by atoms with Gasteiger partial charge in [0, 0.05) is 6.20 Å². The van der Waals surface area contributed by atoms with E-state index < -0.39 is 11.7 Å². The van der Waals surface area contributed by atoms with Crippen molar-refractivity contribution in [1.82, 2.24) is 4.98 Å². The summed E-state index contributed by atoms with van der Waals surface area (Å²) in [6.07, 6.45) is 1.40. The van der Waals surface area contributed by atoms with Gasteiger partial charge in [-0.3, -0.25) is 4.79 Å². The van der Waals surface area contributed by atoms with E-state index in [0.717, 1.165) is 6.07 Å². The molecule has 0 aliphatic rings. The second kappa shape index (κ2) is 5.59. The summed E-state index contributed by atoms with van der Waals surface area (Å²) in [6.45, 7) is 0. The lowest BCUT2D eigenvalue weighted by atomic mass is 10.1. The molecule has 0 spiro atoms. The highest BCUT2D eigenvalue weighted by Crippen LogP contribution is 2.17. The molecule has 1 amide bonds. The van der Waals surface area contributed by atoms with Gasteiger partial charge in [-0.1, -0.05) is 0 Å². The first-order valence-electron chi connectivity index (χ1n) is 5.22. The SMILES string of the molecule is N#Cc1cc(F)ccc1NC(=O)c1ccc(Br)nc1. The number of halogens is 2. The molecule has 1 aromatic carbocycles. The van der Waals surface area contributed by atoms with E-state index in [1.165, 1.54) is 18.3 Å². The second-order valence-corrected chi connectivity index (χ2v) is 4.44. The Morgan fingerprint density at radius 2 is 2.16 bits per heavy atom. The molecule has 2 aromatic rings. The third kappa shape index (κ3) is 3.14. The lowest BCUT2D eigenvalue weighted by Gasteiger charge is -2.06. The maximum atomic E-state index is 13.0. The van der Waals surface area contributed by atoms with Crippen molar-refractivity contribution in [2.75, 3.05) is 5.32 Å². The van der Waals surface area contributed by atoms with Crippen LogP contribution >= 0.6 is 15.9 Å². The van der Waals surface area contributed by atoms with E-state index in [1.807, 2.05) is 6.07 Å². The second-order valence-electron chi connectivity index (χ2n) is 3.63. The molecular weight excluding hydrogens is 313 g/mol. The number of hydrogen-bond acceptors (Lipinski definition) is 3. The molecular formula is C13H7BrFN3O. The Balaban J connectivity index is 2.24. The highest BCUT2D eigenvalue weighted by molar-refractivity contribution is 9.10. The van der Waals surface area contributed by atoms with Crippen molar-refractivity contribution in [1.29, 1.82) is 5.26 Å². The normalized spacial score (nSPS) is 9.74. The molecule has 4 nitrogen and oxygen atoms in total. The molecule has 1 aromatic heterocycles. The summed E-state index contributed by atoms with van der Waals surface area (Å²) in [5.41, 5.74) is 0.673. The van der Waals surface area contributed by atoms with Crippen LogP contribution in [-0.2, 0) is 0 Å². The number of hydrogen-bond donors (Lipinski definition) is 1. The van der Waals surface area contributed by atoms with Gasteiger partial charge in [0.05, 0.1) is 16.8 Å². The fourth-order valence-electron chi connectivity index (χ4n) is 1.42. The van der Waals surface area contributed by atoms with Gasteiger partial charge in [-0.2, -0.15) is 5.26 Å². The Labute approximate surface area is 117 Å². The van der Waals surface area contributed by atoms with Crippen molar-refractivity contribution >= 4 is 27.5 Å². The Morgan fingerprint density at radius 3 is 2.79 bits per heavy atom. The number of rotatable bonds is 2. The topological polar surface area (TPSA) is 65.8 Å². The zero-order valence-corrected chi connectivity index (χ0v) is 11.1. The first kappa shape index (κ1) is 13.2. The lowest BCUT2D eigenvalue weighted by Crippen LogP contribution is -2.13. The minimum atomic E-state index is -0.528. The molecule has 19 heavy (non-hydrogen) atoms. The van der Waals surface area contributed by atoms with Gasteiger partial charge in [-0.05, 0) is 46.3 Å². The van der Waals surface area contributed by atoms with E-state index in [4.69, 9.17) is 5.26 Å². The summed E-state index contributed by atoms with van der Waals surface area (Å²) >= 11 is 3.16. The molecule has 0 aliphatic carbocycles. The quantitative estimate of drug-likeness (QED) is 0.865. The predicted molar refractivity (Wildman–Crippen MR) is 71.0 cm³/mol. The number of amides is 1. The van der Waals surface area contributed by atoms with Gasteiger partial charge in [0.1, 0.15) is 16.5 Å². The number of aromatic nitrogens is 1. The fourth-order valence-corrected chi connectivity index (χ4v) is 1.66. The largest absolute Gasteiger partial charge is 0.321 e. The Hall–Kier alpha value is -2.26. The monoisotopic (exact) mass is 319 g/mol. The number of anilines is 1. The number of pyridine rings is 1. The molecule has 0 aliphatic heterocycles. The summed E-state index contributed by atoms with van der Waals surface area (Å²) < 4.78 is 13.6. The molecule has 6 heteroatoms. The van der Waals surface area contributed by atoms with Gasteiger partial charge in [0.25, 0.3) is 5.91 Å². The third-order valence-corrected chi connectivity index (χ3v) is 2.81. The van der Waals surface area contributed by atoms with E-state index in [-0.39, 0.29) is 11.3 Å². The van der Waals surface area contributed by atoms with Crippen LogP contribution in [0, 0.1) is 17.1 Å². The van der Waals surface area contributed by atoms with Crippen molar-refractivity contribution < 1.29 is 9.18 Å². The molecule has 1 heterocycles. The first-order valence-corrected chi connectivity index (χ1v) is 6.02. The number of nitrogens with zero attached hydrogens (tertiary/aromatic N) is 2. The van der Waals surface area contributed by atoms with Gasteiger partial charge < -0.3 is 5.32 Å². The highest BCUT2D eigenvalue weighted by atomic mass is 79.9. The van der Waals surface area contributed by atoms with Gasteiger partial charge in [0.15, 0.2) is 0 Å². The number of carbonyl (C=O) groups is 1. The molecule has 0 unspecified atom stereocenters. The van der Waals surface area contributed by atoms with E-state index in [1.54, 1.807) is 12.1 Å². The van der Waals surface area contributed by atoms with Crippen molar-refractivity contribution in [3.8, 4) is 6.07 Å². The summed E-state index contributed by atoms with van der Waals surface area (Å²) in [6, 6.07) is 8.63. The maximum absolute atomic E-state index is 13.0. The van der Waals surface area contributed by atoms with Gasteiger partial charge in [-0.25, -0.2) is 9.37 Å². The van der Waals surface area contributed by atoms with E-state index in [9.17, 15) is 9.18 Å². The molecule has 0 fully saturated rings. The molecule has 0 bridgehead atoms.